The Labute approximate surface area is 131 Å². The molecule has 0 saturated carbocycles. The van der Waals surface area contributed by atoms with E-state index < -0.39 is 17.7 Å². The van der Waals surface area contributed by atoms with Crippen LogP contribution in [0.5, 0.6) is 5.75 Å². The van der Waals surface area contributed by atoms with Crippen LogP contribution in [0.4, 0.5) is 8.78 Å². The van der Waals surface area contributed by atoms with Gasteiger partial charge in [0, 0.05) is 11.6 Å². The third kappa shape index (κ3) is 3.80. The first-order valence-electron chi connectivity index (χ1n) is 6.52. The van der Waals surface area contributed by atoms with Gasteiger partial charge in [0.1, 0.15) is 17.4 Å². The largest absolute Gasteiger partial charge is 0.496 e. The summed E-state index contributed by atoms with van der Waals surface area (Å²) < 4.78 is 33.2. The quantitative estimate of drug-likeness (QED) is 0.826. The van der Waals surface area contributed by atoms with Crippen molar-refractivity contribution in [2.45, 2.75) is 18.9 Å². The molecule has 0 amide bonds. The zero-order valence-electron chi connectivity index (χ0n) is 11.6. The summed E-state index contributed by atoms with van der Waals surface area (Å²) in [7, 11) is 1.58. The molecule has 0 aliphatic carbocycles. The van der Waals surface area contributed by atoms with Crippen LogP contribution < -0.4 is 10.5 Å². The molecule has 0 aromatic heterocycles. The second kappa shape index (κ2) is 7.00. The number of halogens is 3. The van der Waals surface area contributed by atoms with Gasteiger partial charge < -0.3 is 10.5 Å². The summed E-state index contributed by atoms with van der Waals surface area (Å²) in [6, 6.07) is 9.65. The first kappa shape index (κ1) is 15.9. The summed E-state index contributed by atoms with van der Waals surface area (Å²) in [5.41, 5.74) is 6.97. The predicted molar refractivity (Wildman–Crippen MR) is 82.4 cm³/mol. The van der Waals surface area contributed by atoms with Gasteiger partial charge in [-0.25, -0.2) is 8.78 Å². The van der Waals surface area contributed by atoms with Gasteiger partial charge in [0.25, 0.3) is 0 Å². The number of para-hydroxylation sites is 1. The van der Waals surface area contributed by atoms with Crippen molar-refractivity contribution in [3.05, 3.63) is 63.6 Å². The molecule has 0 heterocycles. The lowest BCUT2D eigenvalue weighted by Gasteiger charge is -2.15. The molecule has 2 aromatic rings. The van der Waals surface area contributed by atoms with Gasteiger partial charge in [0.05, 0.1) is 11.6 Å². The molecule has 2 aromatic carbocycles. The number of ether oxygens (including phenoxy) is 1. The minimum absolute atomic E-state index is 0.00627. The number of nitrogens with two attached hydrogens (primary N) is 1. The van der Waals surface area contributed by atoms with Gasteiger partial charge in [0.2, 0.25) is 0 Å². The monoisotopic (exact) mass is 355 g/mol. The molecule has 0 saturated heterocycles. The molecule has 0 fully saturated rings. The van der Waals surface area contributed by atoms with Gasteiger partial charge in [-0.2, -0.15) is 0 Å². The van der Waals surface area contributed by atoms with E-state index in [0.29, 0.717) is 6.42 Å². The van der Waals surface area contributed by atoms with Crippen molar-refractivity contribution in [1.82, 2.24) is 0 Å². The summed E-state index contributed by atoms with van der Waals surface area (Å²) in [4.78, 5) is 0. The van der Waals surface area contributed by atoms with Gasteiger partial charge in [-0.1, -0.05) is 18.2 Å². The van der Waals surface area contributed by atoms with Crippen molar-refractivity contribution in [3.63, 3.8) is 0 Å². The van der Waals surface area contributed by atoms with Gasteiger partial charge in [-0.05, 0) is 52.5 Å². The fourth-order valence-electron chi connectivity index (χ4n) is 2.24. The molecule has 0 spiro atoms. The zero-order chi connectivity index (χ0) is 15.4. The van der Waals surface area contributed by atoms with Crippen LogP contribution in [0, 0.1) is 11.6 Å². The van der Waals surface area contributed by atoms with Crippen LogP contribution in [0.2, 0.25) is 0 Å². The van der Waals surface area contributed by atoms with E-state index in [4.69, 9.17) is 10.5 Å². The summed E-state index contributed by atoms with van der Waals surface area (Å²) in [5, 5.41) is 0. The van der Waals surface area contributed by atoms with Gasteiger partial charge in [-0.15, -0.1) is 0 Å². The molecule has 2 N–H and O–H groups in total. The van der Waals surface area contributed by atoms with E-state index in [0.717, 1.165) is 11.3 Å². The summed E-state index contributed by atoms with van der Waals surface area (Å²) in [5.74, 6) is -0.445. The topological polar surface area (TPSA) is 35.2 Å². The fourth-order valence-corrected chi connectivity index (χ4v) is 2.62. The van der Waals surface area contributed by atoms with Crippen LogP contribution in [0.25, 0.3) is 0 Å². The van der Waals surface area contributed by atoms with Crippen molar-refractivity contribution in [1.29, 1.82) is 0 Å². The highest BCUT2D eigenvalue weighted by Gasteiger charge is 2.17. The molecule has 0 aliphatic rings. The van der Waals surface area contributed by atoms with Crippen LogP contribution in [-0.2, 0) is 12.8 Å². The molecule has 1 unspecified atom stereocenters. The van der Waals surface area contributed by atoms with E-state index in [-0.39, 0.29) is 16.5 Å². The summed E-state index contributed by atoms with van der Waals surface area (Å²) in [6.45, 7) is 0. The lowest BCUT2D eigenvalue weighted by atomic mass is 9.98. The molecule has 21 heavy (non-hydrogen) atoms. The zero-order valence-corrected chi connectivity index (χ0v) is 13.2. The van der Waals surface area contributed by atoms with Crippen LogP contribution in [0.1, 0.15) is 11.1 Å². The van der Waals surface area contributed by atoms with Crippen LogP contribution in [0.3, 0.4) is 0 Å². The lowest BCUT2D eigenvalue weighted by Crippen LogP contribution is -2.26. The van der Waals surface area contributed by atoms with Crippen LogP contribution >= 0.6 is 15.9 Å². The number of methoxy groups -OCH3 is 1. The molecular weight excluding hydrogens is 340 g/mol. The third-order valence-corrected chi connectivity index (χ3v) is 3.89. The van der Waals surface area contributed by atoms with Crippen molar-refractivity contribution < 1.29 is 13.5 Å². The van der Waals surface area contributed by atoms with E-state index in [1.807, 2.05) is 24.3 Å². The molecule has 0 bridgehead atoms. The third-order valence-electron chi connectivity index (χ3n) is 3.28. The highest BCUT2D eigenvalue weighted by molar-refractivity contribution is 9.10. The Morgan fingerprint density at radius 3 is 2.57 bits per heavy atom. The average Bonchev–Trinajstić information content (AvgIpc) is 2.48. The van der Waals surface area contributed by atoms with E-state index in [2.05, 4.69) is 15.9 Å². The SMILES string of the molecule is COc1ccccc1CC(N)Cc1c(F)ccc(Br)c1F. The molecule has 2 rings (SSSR count). The Morgan fingerprint density at radius 1 is 1.14 bits per heavy atom. The van der Waals surface area contributed by atoms with Gasteiger partial charge in [0.15, 0.2) is 0 Å². The standard InChI is InChI=1S/C16H16BrF2NO/c1-21-15-5-3-2-4-10(15)8-11(20)9-12-14(18)7-6-13(17)16(12)19/h2-7,11H,8-9,20H2,1H3. The average molecular weight is 356 g/mol. The summed E-state index contributed by atoms with van der Waals surface area (Å²) >= 11 is 3.06. The molecule has 2 nitrogen and oxygen atoms in total. The van der Waals surface area contributed by atoms with Gasteiger partial charge >= 0.3 is 0 Å². The van der Waals surface area contributed by atoms with Crippen molar-refractivity contribution in [2.24, 2.45) is 5.73 Å². The normalized spacial score (nSPS) is 12.2. The Kier molecular flexibility index (Phi) is 5.31. The molecular formula is C16H16BrF2NO. The molecule has 0 radical (unpaired) electrons. The van der Waals surface area contributed by atoms with Crippen LogP contribution in [-0.4, -0.2) is 13.2 Å². The summed E-state index contributed by atoms with van der Waals surface area (Å²) in [6.07, 6.45) is 0.602. The molecule has 1 atom stereocenters. The molecule has 112 valence electrons. The minimum Gasteiger partial charge on any atom is -0.496 e. The van der Waals surface area contributed by atoms with E-state index >= 15 is 0 Å². The minimum atomic E-state index is -0.592. The van der Waals surface area contributed by atoms with E-state index in [1.165, 1.54) is 12.1 Å². The molecule has 0 aliphatic heterocycles. The van der Waals surface area contributed by atoms with Gasteiger partial charge in [-0.3, -0.25) is 0 Å². The first-order valence-corrected chi connectivity index (χ1v) is 7.32. The Bertz CT molecular complexity index is 634. The van der Waals surface area contributed by atoms with Crippen molar-refractivity contribution in [2.75, 3.05) is 7.11 Å². The van der Waals surface area contributed by atoms with E-state index in [9.17, 15) is 8.78 Å². The van der Waals surface area contributed by atoms with Crippen molar-refractivity contribution in [3.8, 4) is 5.75 Å². The fraction of sp³-hybridized carbons (Fsp3) is 0.250. The predicted octanol–water partition coefficient (Wildman–Crippen LogP) is 3.85. The smallest absolute Gasteiger partial charge is 0.143 e. The number of hydrogen-bond donors (Lipinski definition) is 1. The van der Waals surface area contributed by atoms with Crippen molar-refractivity contribution >= 4 is 15.9 Å². The second-order valence-electron chi connectivity index (χ2n) is 4.80. The highest BCUT2D eigenvalue weighted by Crippen LogP contribution is 2.24. The Hall–Kier alpha value is -1.46. The number of benzene rings is 2. The van der Waals surface area contributed by atoms with E-state index in [1.54, 1.807) is 7.11 Å². The number of rotatable bonds is 5. The lowest BCUT2D eigenvalue weighted by molar-refractivity contribution is 0.407. The highest BCUT2D eigenvalue weighted by atomic mass is 79.9. The maximum absolute atomic E-state index is 13.9. The maximum atomic E-state index is 13.9. The first-order chi connectivity index (χ1) is 10.0. The second-order valence-corrected chi connectivity index (χ2v) is 5.66. The number of hydrogen-bond acceptors (Lipinski definition) is 2. The maximum Gasteiger partial charge on any atom is 0.143 e. The molecule has 5 heteroatoms. The Morgan fingerprint density at radius 2 is 1.86 bits per heavy atom. The van der Waals surface area contributed by atoms with Crippen LogP contribution in [0.15, 0.2) is 40.9 Å². The Balaban J connectivity index is 2.16.